The van der Waals surface area contributed by atoms with Gasteiger partial charge >= 0.3 is 0 Å². The van der Waals surface area contributed by atoms with Gasteiger partial charge in [-0.25, -0.2) is 12.7 Å². The summed E-state index contributed by atoms with van der Waals surface area (Å²) in [7, 11) is -0.460. The molecule has 0 amide bonds. The summed E-state index contributed by atoms with van der Waals surface area (Å²) >= 11 is 5.34. The molecule has 1 saturated heterocycles. The molecule has 27 heavy (non-hydrogen) atoms. The Morgan fingerprint density at radius 1 is 1.41 bits per heavy atom. The van der Waals surface area contributed by atoms with E-state index in [1.165, 1.54) is 18.4 Å². The highest BCUT2D eigenvalue weighted by atomic mass is 32.2. The summed E-state index contributed by atoms with van der Waals surface area (Å²) < 4.78 is 31.5. The largest absolute Gasteiger partial charge is 0.374 e. The Morgan fingerprint density at radius 3 is 2.81 bits per heavy atom. The molecule has 1 aromatic rings. The van der Waals surface area contributed by atoms with Gasteiger partial charge in [-0.2, -0.15) is 0 Å². The van der Waals surface area contributed by atoms with Gasteiger partial charge in [0.05, 0.1) is 17.6 Å². The zero-order valence-corrected chi connectivity index (χ0v) is 18.1. The molecule has 1 aliphatic rings. The second kappa shape index (κ2) is 9.79. The molecule has 2 N–H and O–H groups in total. The van der Waals surface area contributed by atoms with Crippen LogP contribution in [-0.2, 0) is 14.8 Å². The smallest absolute Gasteiger partial charge is 0.242 e. The first kappa shape index (κ1) is 22.0. The van der Waals surface area contributed by atoms with E-state index in [0.29, 0.717) is 23.3 Å². The maximum Gasteiger partial charge on any atom is 0.242 e. The van der Waals surface area contributed by atoms with Crippen LogP contribution in [0, 0.1) is 5.92 Å². The van der Waals surface area contributed by atoms with Crippen molar-refractivity contribution < 1.29 is 13.2 Å². The summed E-state index contributed by atoms with van der Waals surface area (Å²) in [6, 6.07) is 6.61. The number of sulfonamides is 1. The van der Waals surface area contributed by atoms with Crippen LogP contribution in [0.15, 0.2) is 29.2 Å². The van der Waals surface area contributed by atoms with Gasteiger partial charge in [0.15, 0.2) is 5.11 Å². The molecule has 0 aliphatic carbocycles. The minimum atomic E-state index is -3.48. The lowest BCUT2D eigenvalue weighted by Crippen LogP contribution is -2.48. The van der Waals surface area contributed by atoms with Gasteiger partial charge in [0.2, 0.25) is 10.0 Å². The Bertz CT molecular complexity index is 738. The normalized spacial score (nSPS) is 18.7. The number of rotatable bonds is 7. The van der Waals surface area contributed by atoms with E-state index < -0.39 is 10.0 Å². The molecule has 0 bridgehead atoms. The van der Waals surface area contributed by atoms with E-state index in [0.717, 1.165) is 26.2 Å². The summed E-state index contributed by atoms with van der Waals surface area (Å²) in [5, 5.41) is 6.65. The van der Waals surface area contributed by atoms with Crippen molar-refractivity contribution in [1.82, 2.24) is 14.5 Å². The highest BCUT2D eigenvalue weighted by Gasteiger charge is 2.21. The van der Waals surface area contributed by atoms with Crippen molar-refractivity contribution in [3.63, 3.8) is 0 Å². The summed E-state index contributed by atoms with van der Waals surface area (Å²) in [5.74, 6) is 0.630. The first-order chi connectivity index (χ1) is 12.7. The number of hydrogen-bond donors (Lipinski definition) is 2. The van der Waals surface area contributed by atoms with Gasteiger partial charge < -0.3 is 15.4 Å². The predicted molar refractivity (Wildman–Crippen MR) is 113 cm³/mol. The molecule has 9 heteroatoms. The lowest BCUT2D eigenvalue weighted by molar-refractivity contribution is -0.0283. The zero-order valence-electron chi connectivity index (χ0n) is 16.4. The predicted octanol–water partition coefficient (Wildman–Crippen LogP) is 1.58. The Balaban J connectivity index is 1.87. The van der Waals surface area contributed by atoms with Crippen molar-refractivity contribution in [2.75, 3.05) is 52.2 Å². The topological polar surface area (TPSA) is 73.9 Å². The average molecular weight is 415 g/mol. The quantitative estimate of drug-likeness (QED) is 0.656. The van der Waals surface area contributed by atoms with Crippen LogP contribution in [0.2, 0.25) is 0 Å². The molecule has 1 aromatic carbocycles. The van der Waals surface area contributed by atoms with Crippen LogP contribution in [0.5, 0.6) is 0 Å². The molecule has 7 nitrogen and oxygen atoms in total. The third kappa shape index (κ3) is 6.69. The van der Waals surface area contributed by atoms with Crippen molar-refractivity contribution in [3.05, 3.63) is 24.3 Å². The van der Waals surface area contributed by atoms with E-state index in [1.807, 2.05) is 0 Å². The average Bonchev–Trinajstić information content (AvgIpc) is 2.60. The van der Waals surface area contributed by atoms with E-state index in [2.05, 4.69) is 29.4 Å². The number of nitrogens with zero attached hydrogens (tertiary/aromatic N) is 2. The second-order valence-electron chi connectivity index (χ2n) is 7.30. The summed E-state index contributed by atoms with van der Waals surface area (Å²) in [5.41, 5.74) is 0.626. The van der Waals surface area contributed by atoms with Crippen LogP contribution in [0.4, 0.5) is 5.69 Å². The first-order valence-corrected chi connectivity index (χ1v) is 10.9. The van der Waals surface area contributed by atoms with Gasteiger partial charge in [-0.15, -0.1) is 0 Å². The highest BCUT2D eigenvalue weighted by molar-refractivity contribution is 7.89. The molecular formula is C18H30N4O3S2. The van der Waals surface area contributed by atoms with E-state index in [4.69, 9.17) is 17.0 Å². The first-order valence-electron chi connectivity index (χ1n) is 9.10. The third-order valence-electron chi connectivity index (χ3n) is 4.21. The molecule has 0 aromatic heterocycles. The van der Waals surface area contributed by atoms with Gasteiger partial charge in [-0.3, -0.25) is 4.90 Å². The standard InChI is InChI=1S/C18H30N4O3S2/c1-14(2)12-22-8-9-25-16(13-22)11-19-18(26)20-15-6-5-7-17(10-15)27(23,24)21(3)4/h5-7,10,14,16H,8-9,11-13H2,1-4H3,(H2,19,20,26)/t16-/m0/s1. The molecule has 0 saturated carbocycles. The second-order valence-corrected chi connectivity index (χ2v) is 9.86. The van der Waals surface area contributed by atoms with Crippen LogP contribution >= 0.6 is 12.2 Å². The number of ether oxygens (including phenoxy) is 1. The fourth-order valence-electron chi connectivity index (χ4n) is 2.91. The number of benzene rings is 1. The van der Waals surface area contributed by atoms with Gasteiger partial charge in [0.25, 0.3) is 0 Å². The molecule has 1 fully saturated rings. The Labute approximate surface area is 168 Å². The van der Waals surface area contributed by atoms with Gasteiger partial charge in [0, 0.05) is 46.0 Å². The molecule has 1 heterocycles. The van der Waals surface area contributed by atoms with Gasteiger partial charge in [-0.05, 0) is 36.3 Å². The van der Waals surface area contributed by atoms with Crippen molar-refractivity contribution in [2.24, 2.45) is 5.92 Å². The molecule has 152 valence electrons. The molecule has 0 spiro atoms. The third-order valence-corrected chi connectivity index (χ3v) is 6.26. The Kier molecular flexibility index (Phi) is 7.99. The molecule has 1 atom stereocenters. The fraction of sp³-hybridized carbons (Fsp3) is 0.611. The van der Waals surface area contributed by atoms with Crippen molar-refractivity contribution in [2.45, 2.75) is 24.8 Å². The number of thiocarbonyl (C=S) groups is 1. The Morgan fingerprint density at radius 2 is 2.15 bits per heavy atom. The molecule has 1 aliphatic heterocycles. The number of morpholine rings is 1. The van der Waals surface area contributed by atoms with Crippen LogP contribution in [0.1, 0.15) is 13.8 Å². The fourth-order valence-corrected chi connectivity index (χ4v) is 4.06. The zero-order chi connectivity index (χ0) is 20.0. The van der Waals surface area contributed by atoms with Crippen LogP contribution in [-0.4, -0.2) is 75.7 Å². The van der Waals surface area contributed by atoms with E-state index in [-0.39, 0.29) is 11.0 Å². The molecule has 0 unspecified atom stereocenters. The van der Waals surface area contributed by atoms with E-state index >= 15 is 0 Å². The van der Waals surface area contributed by atoms with Crippen molar-refractivity contribution >= 4 is 33.0 Å². The van der Waals surface area contributed by atoms with Gasteiger partial charge in [-0.1, -0.05) is 19.9 Å². The van der Waals surface area contributed by atoms with Crippen molar-refractivity contribution in [3.8, 4) is 0 Å². The minimum absolute atomic E-state index is 0.0812. The number of nitrogens with one attached hydrogen (secondary N) is 2. The minimum Gasteiger partial charge on any atom is -0.374 e. The molecule has 0 radical (unpaired) electrons. The summed E-state index contributed by atoms with van der Waals surface area (Å²) in [4.78, 5) is 2.63. The Hall–Kier alpha value is -1.26. The molecule has 2 rings (SSSR count). The van der Waals surface area contributed by atoms with Crippen LogP contribution < -0.4 is 10.6 Å². The number of anilines is 1. The van der Waals surface area contributed by atoms with Crippen LogP contribution in [0.25, 0.3) is 0 Å². The summed E-state index contributed by atoms with van der Waals surface area (Å²) in [6.07, 6.45) is 0.0812. The lowest BCUT2D eigenvalue weighted by atomic mass is 10.2. The SMILES string of the molecule is CC(C)CN1CCO[C@@H](CNC(=S)Nc2cccc(S(=O)(=O)N(C)C)c2)C1. The maximum absolute atomic E-state index is 12.2. The number of hydrogen-bond acceptors (Lipinski definition) is 5. The lowest BCUT2D eigenvalue weighted by Gasteiger charge is -2.34. The maximum atomic E-state index is 12.2. The van der Waals surface area contributed by atoms with E-state index in [9.17, 15) is 8.42 Å². The van der Waals surface area contributed by atoms with Gasteiger partial charge in [0.1, 0.15) is 0 Å². The summed E-state index contributed by atoms with van der Waals surface area (Å²) in [6.45, 7) is 8.67. The van der Waals surface area contributed by atoms with Crippen LogP contribution in [0.3, 0.4) is 0 Å². The monoisotopic (exact) mass is 414 g/mol. The van der Waals surface area contributed by atoms with E-state index in [1.54, 1.807) is 24.3 Å². The van der Waals surface area contributed by atoms with Crippen molar-refractivity contribution in [1.29, 1.82) is 0 Å². The highest BCUT2D eigenvalue weighted by Crippen LogP contribution is 2.18. The molecular weight excluding hydrogens is 384 g/mol.